The molecule has 3 rings (SSSR count). The van der Waals surface area contributed by atoms with Crippen LogP contribution in [0.3, 0.4) is 0 Å². The van der Waals surface area contributed by atoms with E-state index in [9.17, 15) is 4.79 Å². The van der Waals surface area contributed by atoms with Gasteiger partial charge in [-0.1, -0.05) is 23.8 Å². The number of hydrogen-bond donors (Lipinski definition) is 2. The number of benzene rings is 3. The van der Waals surface area contributed by atoms with E-state index in [0.717, 1.165) is 11.4 Å². The third-order valence-electron chi connectivity index (χ3n) is 4.16. The van der Waals surface area contributed by atoms with Gasteiger partial charge in [-0.05, 0) is 60.5 Å². The summed E-state index contributed by atoms with van der Waals surface area (Å²) in [7, 11) is 1.83. The van der Waals surface area contributed by atoms with Crippen molar-refractivity contribution < 1.29 is 4.79 Å². The lowest BCUT2D eigenvalue weighted by Gasteiger charge is -2.08. The fraction of sp³-hybridized carbons (Fsp3) is 0.190. The Balaban J connectivity index is 1.97. The summed E-state index contributed by atoms with van der Waals surface area (Å²) in [4.78, 5) is 11.4. The average molecular weight is 346 g/mol. The predicted octanol–water partition coefficient (Wildman–Crippen LogP) is 5.87. The van der Waals surface area contributed by atoms with Crippen LogP contribution in [0.1, 0.15) is 18.1 Å². The van der Waals surface area contributed by atoms with E-state index in [1.807, 2.05) is 37.4 Å². The minimum absolute atomic E-state index is 0.147. The Hall–Kier alpha value is -3.21. The summed E-state index contributed by atoms with van der Waals surface area (Å²) in [5.74, 6) is -0.147. The summed E-state index contributed by atoms with van der Waals surface area (Å²) in [6.07, 6.45) is 0. The standard InChI is InChI=1S/C21H22N4O/c1-13-9-14(2)19-11-18(6-5-16(19)10-13)24-25-20-8-7-17(22-4)12-21(20)23-15(3)26/h5-12,22H,1-4H3,(H,23,26). The number of aryl methyl sites for hydroxylation is 2. The second kappa shape index (κ2) is 7.35. The number of amides is 1. The van der Waals surface area contributed by atoms with Crippen molar-refractivity contribution in [3.8, 4) is 0 Å². The van der Waals surface area contributed by atoms with Crippen LogP contribution in [0.5, 0.6) is 0 Å². The molecule has 0 saturated heterocycles. The number of rotatable bonds is 4. The Morgan fingerprint density at radius 2 is 1.77 bits per heavy atom. The van der Waals surface area contributed by atoms with Gasteiger partial charge in [0.15, 0.2) is 0 Å². The van der Waals surface area contributed by atoms with Gasteiger partial charge in [-0.15, -0.1) is 5.11 Å². The van der Waals surface area contributed by atoms with Crippen molar-refractivity contribution in [1.29, 1.82) is 0 Å². The second-order valence-electron chi connectivity index (χ2n) is 6.35. The summed E-state index contributed by atoms with van der Waals surface area (Å²) in [6, 6.07) is 15.9. The van der Waals surface area contributed by atoms with E-state index < -0.39 is 0 Å². The largest absolute Gasteiger partial charge is 0.388 e. The zero-order chi connectivity index (χ0) is 18.7. The maximum absolute atomic E-state index is 11.4. The van der Waals surface area contributed by atoms with Crippen LogP contribution in [-0.4, -0.2) is 13.0 Å². The lowest BCUT2D eigenvalue weighted by Crippen LogP contribution is -2.06. The molecular formula is C21H22N4O. The third kappa shape index (κ3) is 3.88. The van der Waals surface area contributed by atoms with Crippen molar-refractivity contribution in [2.24, 2.45) is 10.2 Å². The second-order valence-corrected chi connectivity index (χ2v) is 6.35. The molecule has 0 aliphatic heterocycles. The van der Waals surface area contributed by atoms with E-state index in [4.69, 9.17) is 0 Å². The number of fused-ring (bicyclic) bond motifs is 1. The quantitative estimate of drug-likeness (QED) is 0.580. The highest BCUT2D eigenvalue weighted by atomic mass is 16.1. The van der Waals surface area contributed by atoms with Gasteiger partial charge in [-0.3, -0.25) is 4.79 Å². The van der Waals surface area contributed by atoms with Crippen molar-refractivity contribution >= 4 is 39.4 Å². The summed E-state index contributed by atoms with van der Waals surface area (Å²) in [6.45, 7) is 5.67. The van der Waals surface area contributed by atoms with Gasteiger partial charge in [0.1, 0.15) is 5.69 Å². The minimum atomic E-state index is -0.147. The summed E-state index contributed by atoms with van der Waals surface area (Å²) < 4.78 is 0. The van der Waals surface area contributed by atoms with E-state index in [0.29, 0.717) is 11.4 Å². The van der Waals surface area contributed by atoms with E-state index in [1.54, 1.807) is 0 Å². The van der Waals surface area contributed by atoms with Crippen LogP contribution < -0.4 is 10.6 Å². The molecule has 0 aliphatic carbocycles. The molecule has 1 amide bonds. The fourth-order valence-electron chi connectivity index (χ4n) is 2.96. The Morgan fingerprint density at radius 1 is 0.962 bits per heavy atom. The molecule has 0 unspecified atom stereocenters. The van der Waals surface area contributed by atoms with Crippen LogP contribution in [0.4, 0.5) is 22.7 Å². The Labute approximate surface area is 153 Å². The first kappa shape index (κ1) is 17.6. The molecule has 0 spiro atoms. The van der Waals surface area contributed by atoms with Crippen LogP contribution in [0.25, 0.3) is 10.8 Å². The first-order chi connectivity index (χ1) is 12.5. The minimum Gasteiger partial charge on any atom is -0.388 e. The van der Waals surface area contributed by atoms with Crippen molar-refractivity contribution in [3.63, 3.8) is 0 Å². The van der Waals surface area contributed by atoms with Crippen molar-refractivity contribution in [2.75, 3.05) is 17.7 Å². The van der Waals surface area contributed by atoms with Gasteiger partial charge in [-0.2, -0.15) is 5.11 Å². The van der Waals surface area contributed by atoms with E-state index in [-0.39, 0.29) is 5.91 Å². The lowest BCUT2D eigenvalue weighted by atomic mass is 10.0. The smallest absolute Gasteiger partial charge is 0.221 e. The van der Waals surface area contributed by atoms with Gasteiger partial charge >= 0.3 is 0 Å². The molecule has 0 aromatic heterocycles. The Bertz CT molecular complexity index is 1010. The number of nitrogens with zero attached hydrogens (tertiary/aromatic N) is 2. The highest BCUT2D eigenvalue weighted by molar-refractivity contribution is 5.93. The van der Waals surface area contributed by atoms with E-state index in [2.05, 4.69) is 52.9 Å². The zero-order valence-electron chi connectivity index (χ0n) is 15.4. The SMILES string of the molecule is CNc1ccc(N=Nc2ccc3cc(C)cc(C)c3c2)c(NC(C)=O)c1. The van der Waals surface area contributed by atoms with Crippen LogP contribution in [-0.2, 0) is 4.79 Å². The third-order valence-corrected chi connectivity index (χ3v) is 4.16. The van der Waals surface area contributed by atoms with Gasteiger partial charge in [-0.25, -0.2) is 0 Å². The van der Waals surface area contributed by atoms with Crippen LogP contribution in [0.2, 0.25) is 0 Å². The summed E-state index contributed by atoms with van der Waals surface area (Å²) in [5.41, 5.74) is 5.37. The molecule has 2 N–H and O–H groups in total. The maximum Gasteiger partial charge on any atom is 0.221 e. The molecule has 26 heavy (non-hydrogen) atoms. The van der Waals surface area contributed by atoms with Crippen LogP contribution in [0, 0.1) is 13.8 Å². The summed E-state index contributed by atoms with van der Waals surface area (Å²) >= 11 is 0. The van der Waals surface area contributed by atoms with Gasteiger partial charge in [0.05, 0.1) is 11.4 Å². The molecule has 0 bridgehead atoms. The van der Waals surface area contributed by atoms with Crippen LogP contribution >= 0.6 is 0 Å². The van der Waals surface area contributed by atoms with Crippen molar-refractivity contribution in [3.05, 3.63) is 59.7 Å². The molecular weight excluding hydrogens is 324 g/mol. The first-order valence-electron chi connectivity index (χ1n) is 8.48. The fourth-order valence-corrected chi connectivity index (χ4v) is 2.96. The predicted molar refractivity (Wildman–Crippen MR) is 108 cm³/mol. The van der Waals surface area contributed by atoms with E-state index >= 15 is 0 Å². The first-order valence-corrected chi connectivity index (χ1v) is 8.48. The van der Waals surface area contributed by atoms with Gasteiger partial charge < -0.3 is 10.6 Å². The molecule has 0 fully saturated rings. The number of anilines is 2. The molecule has 3 aromatic carbocycles. The number of nitrogens with one attached hydrogen (secondary N) is 2. The topological polar surface area (TPSA) is 65.8 Å². The number of carbonyl (C=O) groups is 1. The molecule has 0 saturated carbocycles. The van der Waals surface area contributed by atoms with Crippen molar-refractivity contribution in [1.82, 2.24) is 0 Å². The zero-order valence-corrected chi connectivity index (χ0v) is 15.4. The normalized spacial score (nSPS) is 11.1. The highest BCUT2D eigenvalue weighted by Crippen LogP contribution is 2.31. The lowest BCUT2D eigenvalue weighted by molar-refractivity contribution is -0.114. The Kier molecular flexibility index (Phi) is 4.98. The van der Waals surface area contributed by atoms with Gasteiger partial charge in [0, 0.05) is 19.7 Å². The maximum atomic E-state index is 11.4. The monoisotopic (exact) mass is 346 g/mol. The van der Waals surface area contributed by atoms with Gasteiger partial charge in [0.2, 0.25) is 5.91 Å². The van der Waals surface area contributed by atoms with Gasteiger partial charge in [0.25, 0.3) is 0 Å². The molecule has 0 heterocycles. The molecule has 5 heteroatoms. The Morgan fingerprint density at radius 3 is 2.50 bits per heavy atom. The number of azo groups is 1. The molecule has 132 valence electrons. The molecule has 5 nitrogen and oxygen atoms in total. The molecule has 0 atom stereocenters. The molecule has 0 aliphatic rings. The van der Waals surface area contributed by atoms with E-state index in [1.165, 1.54) is 28.8 Å². The molecule has 0 radical (unpaired) electrons. The number of carbonyl (C=O) groups excluding carboxylic acids is 1. The number of hydrogen-bond acceptors (Lipinski definition) is 4. The van der Waals surface area contributed by atoms with Crippen LogP contribution in [0.15, 0.2) is 58.8 Å². The highest BCUT2D eigenvalue weighted by Gasteiger charge is 2.06. The van der Waals surface area contributed by atoms with Crippen molar-refractivity contribution in [2.45, 2.75) is 20.8 Å². The summed E-state index contributed by atoms with van der Waals surface area (Å²) in [5, 5.41) is 16.9. The molecule has 3 aromatic rings. The average Bonchev–Trinajstić information content (AvgIpc) is 2.60.